The summed E-state index contributed by atoms with van der Waals surface area (Å²) in [7, 11) is 0. The summed E-state index contributed by atoms with van der Waals surface area (Å²) in [5.74, 6) is 0.913. The number of hydrogen-bond acceptors (Lipinski definition) is 2. The normalized spacial score (nSPS) is 30.4. The van der Waals surface area contributed by atoms with Crippen molar-refractivity contribution in [3.63, 3.8) is 0 Å². The van der Waals surface area contributed by atoms with Gasteiger partial charge in [0.2, 0.25) is 0 Å². The maximum Gasteiger partial charge on any atom is 0.140 e. The van der Waals surface area contributed by atoms with E-state index in [-0.39, 0.29) is 6.10 Å². The van der Waals surface area contributed by atoms with Crippen molar-refractivity contribution in [2.75, 3.05) is 0 Å². The zero-order valence-electron chi connectivity index (χ0n) is 14.7. The Bertz CT molecular complexity index is 793. The average Bonchev–Trinajstić information content (AvgIpc) is 3.09. The molecule has 2 fully saturated rings. The van der Waals surface area contributed by atoms with Crippen LogP contribution in [0.15, 0.2) is 42.5 Å². The lowest BCUT2D eigenvalue weighted by Gasteiger charge is -2.41. The largest absolute Gasteiger partial charge is 0.484 e. The van der Waals surface area contributed by atoms with E-state index in [0.29, 0.717) is 23.1 Å². The molecule has 2 unspecified atom stereocenters. The number of nitrogens with zero attached hydrogens (tertiary/aromatic N) is 1. The smallest absolute Gasteiger partial charge is 0.140 e. The molecular formula is C22H23Cl2NO. The Kier molecular flexibility index (Phi) is 4.39. The van der Waals surface area contributed by atoms with Gasteiger partial charge in [0.25, 0.3) is 0 Å². The minimum absolute atomic E-state index is 0.00944. The van der Waals surface area contributed by atoms with E-state index >= 15 is 0 Å². The van der Waals surface area contributed by atoms with Gasteiger partial charge >= 0.3 is 0 Å². The second-order valence-electron chi connectivity index (χ2n) is 7.84. The molecule has 26 heavy (non-hydrogen) atoms. The van der Waals surface area contributed by atoms with E-state index in [2.05, 4.69) is 11.0 Å². The summed E-state index contributed by atoms with van der Waals surface area (Å²) in [6, 6.07) is 15.8. The molecular weight excluding hydrogens is 365 g/mol. The van der Waals surface area contributed by atoms with Crippen LogP contribution < -0.4 is 4.74 Å². The maximum absolute atomic E-state index is 6.58. The van der Waals surface area contributed by atoms with Crippen LogP contribution in [0.2, 0.25) is 10.0 Å². The van der Waals surface area contributed by atoms with Crippen LogP contribution in [0.1, 0.15) is 49.3 Å². The standard InChI is InChI=1S/C22H23Cl2NO/c23-14-11-19-18(20(24)12-14)13-21(22(19)26-17-7-2-1-3-8-17)25-15-5-4-6-16(25)10-9-15/h1-3,7-8,11-12,15-16,21-22H,4-6,9-10,13H2/t15?,16?,21-,22-/m0/s1. The monoisotopic (exact) mass is 387 g/mol. The van der Waals surface area contributed by atoms with Crippen molar-refractivity contribution in [2.45, 2.75) is 62.8 Å². The van der Waals surface area contributed by atoms with Crippen LogP contribution in [0.4, 0.5) is 0 Å². The van der Waals surface area contributed by atoms with Gasteiger partial charge in [-0.15, -0.1) is 0 Å². The zero-order chi connectivity index (χ0) is 17.7. The molecule has 2 aromatic rings. The molecule has 0 amide bonds. The quantitative estimate of drug-likeness (QED) is 0.634. The second kappa shape index (κ2) is 6.74. The number of piperidine rings is 1. The predicted octanol–water partition coefficient (Wildman–Crippen LogP) is 6.06. The summed E-state index contributed by atoms with van der Waals surface area (Å²) in [4.78, 5) is 2.77. The summed E-state index contributed by atoms with van der Waals surface area (Å²) >= 11 is 12.9. The SMILES string of the molecule is Clc1cc(Cl)c2c(c1)[C@H](Oc1ccccc1)[C@@H](N1C3CCCC1CC3)C2. The van der Waals surface area contributed by atoms with Crippen LogP contribution in [0.5, 0.6) is 5.75 Å². The molecule has 2 saturated heterocycles. The molecule has 0 spiro atoms. The van der Waals surface area contributed by atoms with Crippen molar-refractivity contribution in [2.24, 2.45) is 0 Å². The molecule has 3 aliphatic rings. The first-order valence-electron chi connectivity index (χ1n) is 9.67. The summed E-state index contributed by atoms with van der Waals surface area (Å²) in [6.45, 7) is 0. The number of para-hydroxylation sites is 1. The predicted molar refractivity (Wildman–Crippen MR) is 106 cm³/mol. The minimum atomic E-state index is -0.00944. The number of rotatable bonds is 3. The Morgan fingerprint density at radius 3 is 2.38 bits per heavy atom. The van der Waals surface area contributed by atoms with Crippen molar-refractivity contribution >= 4 is 23.2 Å². The van der Waals surface area contributed by atoms with Crippen LogP contribution in [-0.4, -0.2) is 23.0 Å². The van der Waals surface area contributed by atoms with Gasteiger partial charge < -0.3 is 4.74 Å². The maximum atomic E-state index is 6.58. The third-order valence-electron chi connectivity index (χ3n) is 6.40. The van der Waals surface area contributed by atoms with Gasteiger partial charge in [0, 0.05) is 27.7 Å². The molecule has 2 aliphatic heterocycles. The Morgan fingerprint density at radius 2 is 1.65 bits per heavy atom. The fourth-order valence-corrected chi connectivity index (χ4v) is 5.95. The highest BCUT2D eigenvalue weighted by Crippen LogP contribution is 2.47. The highest BCUT2D eigenvalue weighted by Gasteiger charge is 2.47. The summed E-state index contributed by atoms with van der Waals surface area (Å²) in [5.41, 5.74) is 2.38. The van der Waals surface area contributed by atoms with E-state index in [1.807, 2.05) is 36.4 Å². The van der Waals surface area contributed by atoms with Crippen LogP contribution in [0, 0.1) is 0 Å². The molecule has 2 heterocycles. The summed E-state index contributed by atoms with van der Waals surface area (Å²) in [5, 5.41) is 1.47. The molecule has 4 atom stereocenters. The summed E-state index contributed by atoms with van der Waals surface area (Å²) < 4.78 is 6.54. The molecule has 1 aliphatic carbocycles. The molecule has 5 rings (SSSR count). The van der Waals surface area contributed by atoms with Crippen molar-refractivity contribution in [1.29, 1.82) is 0 Å². The Labute approximate surface area is 165 Å². The fraction of sp³-hybridized carbons (Fsp3) is 0.455. The van der Waals surface area contributed by atoms with Crippen molar-refractivity contribution < 1.29 is 4.74 Å². The van der Waals surface area contributed by atoms with Gasteiger partial charge in [-0.1, -0.05) is 47.8 Å². The molecule has 0 N–H and O–H groups in total. The lowest BCUT2D eigenvalue weighted by atomic mass is 9.98. The highest BCUT2D eigenvalue weighted by molar-refractivity contribution is 6.35. The average molecular weight is 388 g/mol. The Morgan fingerprint density at radius 1 is 0.923 bits per heavy atom. The lowest BCUT2D eigenvalue weighted by Crippen LogP contribution is -2.49. The van der Waals surface area contributed by atoms with Crippen LogP contribution in [0.3, 0.4) is 0 Å². The van der Waals surface area contributed by atoms with E-state index < -0.39 is 0 Å². The lowest BCUT2D eigenvalue weighted by molar-refractivity contribution is 0.0225. The molecule has 2 aromatic carbocycles. The number of benzene rings is 2. The van der Waals surface area contributed by atoms with Crippen LogP contribution >= 0.6 is 23.2 Å². The van der Waals surface area contributed by atoms with Gasteiger partial charge in [-0.2, -0.15) is 0 Å². The third kappa shape index (κ3) is 2.83. The first kappa shape index (κ1) is 16.9. The van der Waals surface area contributed by atoms with Gasteiger partial charge in [0.05, 0.1) is 6.04 Å². The van der Waals surface area contributed by atoms with E-state index in [1.54, 1.807) is 0 Å². The van der Waals surface area contributed by atoms with Gasteiger partial charge in [0.15, 0.2) is 0 Å². The molecule has 0 radical (unpaired) electrons. The second-order valence-corrected chi connectivity index (χ2v) is 8.69. The Hall–Kier alpha value is -1.22. The topological polar surface area (TPSA) is 12.5 Å². The minimum Gasteiger partial charge on any atom is -0.484 e. The van der Waals surface area contributed by atoms with E-state index in [1.165, 1.54) is 43.2 Å². The number of ether oxygens (including phenoxy) is 1. The fourth-order valence-electron chi connectivity index (χ4n) is 5.36. The first-order valence-corrected chi connectivity index (χ1v) is 10.4. The van der Waals surface area contributed by atoms with E-state index in [0.717, 1.165) is 17.2 Å². The van der Waals surface area contributed by atoms with Crippen molar-refractivity contribution in [3.05, 3.63) is 63.6 Å². The number of hydrogen-bond donors (Lipinski definition) is 0. The van der Waals surface area contributed by atoms with Crippen molar-refractivity contribution in [1.82, 2.24) is 4.90 Å². The Balaban J connectivity index is 1.54. The molecule has 136 valence electrons. The molecule has 4 heteroatoms. The molecule has 2 nitrogen and oxygen atoms in total. The van der Waals surface area contributed by atoms with E-state index in [9.17, 15) is 0 Å². The van der Waals surface area contributed by atoms with Gasteiger partial charge in [0.1, 0.15) is 11.9 Å². The van der Waals surface area contributed by atoms with Gasteiger partial charge in [-0.25, -0.2) is 0 Å². The number of halogens is 2. The third-order valence-corrected chi connectivity index (χ3v) is 6.96. The zero-order valence-corrected chi connectivity index (χ0v) is 16.2. The number of fused-ring (bicyclic) bond motifs is 3. The van der Waals surface area contributed by atoms with E-state index in [4.69, 9.17) is 27.9 Å². The van der Waals surface area contributed by atoms with Gasteiger partial charge in [-0.05, 0) is 61.9 Å². The van der Waals surface area contributed by atoms with Crippen molar-refractivity contribution in [3.8, 4) is 5.75 Å². The molecule has 2 bridgehead atoms. The molecule has 0 saturated carbocycles. The van der Waals surface area contributed by atoms with Crippen LogP contribution in [-0.2, 0) is 6.42 Å². The van der Waals surface area contributed by atoms with Crippen LogP contribution in [0.25, 0.3) is 0 Å². The van der Waals surface area contributed by atoms with Gasteiger partial charge in [-0.3, -0.25) is 4.90 Å². The molecule has 0 aromatic heterocycles. The highest BCUT2D eigenvalue weighted by atomic mass is 35.5. The summed E-state index contributed by atoms with van der Waals surface area (Å²) in [6.07, 6.45) is 7.59. The first-order chi connectivity index (χ1) is 12.7.